The van der Waals surface area contributed by atoms with Gasteiger partial charge in [-0.15, -0.1) is 5.06 Å². The van der Waals surface area contributed by atoms with Gasteiger partial charge in [-0.2, -0.15) is 8.78 Å². The Morgan fingerprint density at radius 3 is 2.33 bits per heavy atom. The first-order valence-electron chi connectivity index (χ1n) is 15.4. The number of alkyl halides is 2. The lowest BCUT2D eigenvalue weighted by Crippen LogP contribution is -2.57. The van der Waals surface area contributed by atoms with E-state index in [1.54, 1.807) is 34.6 Å². The summed E-state index contributed by atoms with van der Waals surface area (Å²) in [5.41, 5.74) is -0.464. The van der Waals surface area contributed by atoms with E-state index in [1.807, 2.05) is 0 Å². The summed E-state index contributed by atoms with van der Waals surface area (Å²) < 4.78 is 47.6. The number of imide groups is 1. The SMILES string of the molecule is CCC(C)C(NC(=O)OC(C)(C)C)C(=O)ON1C(=O)CCC(N2Cc3cc(CNC(=O)C(F)(F)c4ccc(F)cc4)ccc3C2=O)C1=O. The van der Waals surface area contributed by atoms with Crippen LogP contribution in [-0.2, 0) is 47.8 Å². The number of rotatable bonds is 10. The molecule has 1 saturated heterocycles. The standard InChI is InChI=1S/C33H37F3N4O8/c1-6-18(2)26(38-31(46)47-32(3,4)5)29(44)48-40-25(41)14-13-24(28(40)43)39-17-20-15-19(7-12-23(20)27(39)42)16-37-30(45)33(35,36)21-8-10-22(34)11-9-21/h7-12,15,18,24,26H,6,13-14,16-17H2,1-5H3,(H,37,45)(H,38,46). The molecule has 2 N–H and O–H groups in total. The average molecular weight is 675 g/mol. The number of fused-ring (bicyclic) bond motifs is 1. The molecule has 0 spiro atoms. The number of benzene rings is 2. The van der Waals surface area contributed by atoms with Crippen LogP contribution in [-0.4, -0.2) is 63.3 Å². The Hall–Kier alpha value is -4.95. The zero-order chi connectivity index (χ0) is 35.6. The van der Waals surface area contributed by atoms with E-state index >= 15 is 0 Å². The maximum atomic E-state index is 14.6. The van der Waals surface area contributed by atoms with Gasteiger partial charge in [-0.25, -0.2) is 14.0 Å². The molecular weight excluding hydrogens is 637 g/mol. The Morgan fingerprint density at radius 2 is 1.71 bits per heavy atom. The van der Waals surface area contributed by atoms with Crippen molar-refractivity contribution in [3.63, 3.8) is 0 Å². The second-order valence-corrected chi connectivity index (χ2v) is 12.7. The van der Waals surface area contributed by atoms with Gasteiger partial charge in [0.1, 0.15) is 23.5 Å². The van der Waals surface area contributed by atoms with Crippen LogP contribution in [0, 0.1) is 11.7 Å². The van der Waals surface area contributed by atoms with Crippen LogP contribution in [0.1, 0.15) is 80.9 Å². The largest absolute Gasteiger partial charge is 0.444 e. The van der Waals surface area contributed by atoms with Crippen LogP contribution in [0.3, 0.4) is 0 Å². The van der Waals surface area contributed by atoms with Gasteiger partial charge in [0, 0.05) is 30.6 Å². The smallest absolute Gasteiger partial charge is 0.408 e. The van der Waals surface area contributed by atoms with Gasteiger partial charge in [-0.05, 0) is 74.6 Å². The molecule has 2 aromatic carbocycles. The fourth-order valence-electron chi connectivity index (χ4n) is 5.22. The number of hydrogen-bond acceptors (Lipinski definition) is 8. The van der Waals surface area contributed by atoms with Crippen LogP contribution in [0.2, 0.25) is 0 Å². The number of halogens is 3. The van der Waals surface area contributed by atoms with E-state index in [9.17, 15) is 41.9 Å². The Kier molecular flexibility index (Phi) is 10.5. The highest BCUT2D eigenvalue weighted by Crippen LogP contribution is 2.31. The average Bonchev–Trinajstić information content (AvgIpc) is 3.34. The second-order valence-electron chi connectivity index (χ2n) is 12.7. The fraction of sp³-hybridized carbons (Fsp3) is 0.455. The minimum atomic E-state index is -3.92. The third kappa shape index (κ3) is 7.94. The van der Waals surface area contributed by atoms with Crippen molar-refractivity contribution >= 4 is 35.7 Å². The molecule has 2 heterocycles. The molecule has 0 saturated carbocycles. The van der Waals surface area contributed by atoms with Gasteiger partial charge in [0.05, 0.1) is 0 Å². The van der Waals surface area contributed by atoms with E-state index in [0.717, 1.165) is 24.3 Å². The van der Waals surface area contributed by atoms with E-state index in [1.165, 1.54) is 23.1 Å². The third-order valence-electron chi connectivity index (χ3n) is 7.99. The lowest BCUT2D eigenvalue weighted by molar-refractivity contribution is -0.210. The molecule has 0 bridgehead atoms. The van der Waals surface area contributed by atoms with Crippen LogP contribution in [0.4, 0.5) is 18.0 Å². The molecule has 0 aliphatic carbocycles. The van der Waals surface area contributed by atoms with Gasteiger partial charge >= 0.3 is 18.0 Å². The molecule has 4 rings (SSSR count). The zero-order valence-corrected chi connectivity index (χ0v) is 27.1. The lowest BCUT2D eigenvalue weighted by Gasteiger charge is -2.34. The predicted molar refractivity (Wildman–Crippen MR) is 162 cm³/mol. The fourth-order valence-corrected chi connectivity index (χ4v) is 5.22. The molecule has 3 unspecified atom stereocenters. The monoisotopic (exact) mass is 674 g/mol. The molecule has 0 aromatic heterocycles. The Bertz CT molecular complexity index is 1610. The van der Waals surface area contributed by atoms with Gasteiger partial charge in [-0.3, -0.25) is 19.2 Å². The summed E-state index contributed by atoms with van der Waals surface area (Å²) in [5, 5.41) is 4.91. The van der Waals surface area contributed by atoms with Crippen LogP contribution in [0.5, 0.6) is 0 Å². The Labute approximate surface area is 274 Å². The van der Waals surface area contributed by atoms with Gasteiger partial charge in [0.2, 0.25) is 0 Å². The number of nitrogens with one attached hydrogen (secondary N) is 2. The number of alkyl carbamates (subject to hydrolysis) is 1. The summed E-state index contributed by atoms with van der Waals surface area (Å²) in [6.07, 6.45) is -0.725. The molecule has 258 valence electrons. The molecule has 5 amide bonds. The van der Waals surface area contributed by atoms with E-state index < -0.39 is 76.6 Å². The quantitative estimate of drug-likeness (QED) is 0.358. The molecular formula is C33H37F3N4O8. The first kappa shape index (κ1) is 35.9. The number of ether oxygens (including phenoxy) is 1. The van der Waals surface area contributed by atoms with Crippen molar-refractivity contribution in [1.29, 1.82) is 0 Å². The van der Waals surface area contributed by atoms with Crippen molar-refractivity contribution in [3.05, 3.63) is 70.5 Å². The number of hydrogen-bond donors (Lipinski definition) is 2. The van der Waals surface area contributed by atoms with Crippen molar-refractivity contribution < 1.29 is 51.5 Å². The number of carbonyl (C=O) groups excluding carboxylic acids is 6. The van der Waals surface area contributed by atoms with Crippen molar-refractivity contribution in [3.8, 4) is 0 Å². The van der Waals surface area contributed by atoms with Crippen molar-refractivity contribution in [2.75, 3.05) is 0 Å². The Morgan fingerprint density at radius 1 is 1.04 bits per heavy atom. The van der Waals surface area contributed by atoms with Crippen LogP contribution < -0.4 is 10.6 Å². The highest BCUT2D eigenvalue weighted by Gasteiger charge is 2.46. The summed E-state index contributed by atoms with van der Waals surface area (Å²) in [7, 11) is 0. The first-order valence-corrected chi connectivity index (χ1v) is 15.4. The van der Waals surface area contributed by atoms with Gasteiger partial charge in [0.25, 0.3) is 23.6 Å². The summed E-state index contributed by atoms with van der Waals surface area (Å²) in [6, 6.07) is 5.28. The summed E-state index contributed by atoms with van der Waals surface area (Å²) in [4.78, 5) is 83.8. The summed E-state index contributed by atoms with van der Waals surface area (Å²) >= 11 is 0. The maximum Gasteiger partial charge on any atom is 0.408 e. The minimum absolute atomic E-state index is 0.0439. The molecule has 48 heavy (non-hydrogen) atoms. The highest BCUT2D eigenvalue weighted by molar-refractivity contribution is 6.05. The lowest BCUT2D eigenvalue weighted by atomic mass is 9.99. The summed E-state index contributed by atoms with van der Waals surface area (Å²) in [5.74, 6) is -10.1. The number of nitrogens with zero attached hydrogens (tertiary/aromatic N) is 2. The topological polar surface area (TPSA) is 151 Å². The molecule has 2 aliphatic heterocycles. The third-order valence-corrected chi connectivity index (χ3v) is 7.99. The Balaban J connectivity index is 1.43. The van der Waals surface area contributed by atoms with Crippen LogP contribution in [0.15, 0.2) is 42.5 Å². The normalized spacial score (nSPS) is 17.8. The maximum absolute atomic E-state index is 14.6. The van der Waals surface area contributed by atoms with Gasteiger partial charge in [-0.1, -0.05) is 32.4 Å². The van der Waals surface area contributed by atoms with Crippen molar-refractivity contribution in [2.24, 2.45) is 5.92 Å². The number of amides is 5. The number of piperidine rings is 1. The molecule has 12 nitrogen and oxygen atoms in total. The molecule has 0 radical (unpaired) electrons. The van der Waals surface area contributed by atoms with E-state index in [2.05, 4.69) is 10.6 Å². The molecule has 3 atom stereocenters. The van der Waals surface area contributed by atoms with Gasteiger partial charge in [0.15, 0.2) is 0 Å². The molecule has 1 fully saturated rings. The van der Waals surface area contributed by atoms with Crippen LogP contribution >= 0.6 is 0 Å². The number of carbonyl (C=O) groups is 6. The molecule has 2 aromatic rings. The molecule has 2 aliphatic rings. The summed E-state index contributed by atoms with van der Waals surface area (Å²) in [6.45, 7) is 7.98. The zero-order valence-electron chi connectivity index (χ0n) is 27.1. The van der Waals surface area contributed by atoms with E-state index in [0.29, 0.717) is 22.6 Å². The first-order chi connectivity index (χ1) is 22.4. The van der Waals surface area contributed by atoms with Gasteiger partial charge < -0.3 is 25.1 Å². The molecule has 15 heteroatoms. The minimum Gasteiger partial charge on any atom is -0.444 e. The van der Waals surface area contributed by atoms with E-state index in [4.69, 9.17) is 9.57 Å². The second kappa shape index (κ2) is 14.0. The highest BCUT2D eigenvalue weighted by atomic mass is 19.3. The van der Waals surface area contributed by atoms with Crippen LogP contribution in [0.25, 0.3) is 0 Å². The predicted octanol–water partition coefficient (Wildman–Crippen LogP) is 4.10. The van der Waals surface area contributed by atoms with Crippen molar-refractivity contribution in [2.45, 2.75) is 90.6 Å². The van der Waals surface area contributed by atoms with Crippen molar-refractivity contribution in [1.82, 2.24) is 20.6 Å². The van der Waals surface area contributed by atoms with E-state index in [-0.39, 0.29) is 31.5 Å². The number of hydroxylamine groups is 2.